The summed E-state index contributed by atoms with van der Waals surface area (Å²) in [6.45, 7) is 16.7. The van der Waals surface area contributed by atoms with Crippen molar-refractivity contribution >= 4 is 16.9 Å². The van der Waals surface area contributed by atoms with Crippen molar-refractivity contribution in [1.82, 2.24) is 4.98 Å². The van der Waals surface area contributed by atoms with Crippen molar-refractivity contribution in [1.29, 1.82) is 0 Å². The number of aliphatic hydroxyl groups excluding tert-OH is 1. The molecule has 0 amide bonds. The predicted molar refractivity (Wildman–Crippen MR) is 124 cm³/mol. The van der Waals surface area contributed by atoms with Gasteiger partial charge < -0.3 is 9.84 Å². The summed E-state index contributed by atoms with van der Waals surface area (Å²) in [6, 6.07) is 0. The van der Waals surface area contributed by atoms with Gasteiger partial charge >= 0.3 is 0 Å². The van der Waals surface area contributed by atoms with Crippen molar-refractivity contribution in [2.45, 2.75) is 78.4 Å². The molecule has 0 aromatic carbocycles. The first kappa shape index (κ1) is 23.4. The Morgan fingerprint density at radius 3 is 2.76 bits per heavy atom. The molecule has 158 valence electrons. The lowest BCUT2D eigenvalue weighted by atomic mass is 9.89. The van der Waals surface area contributed by atoms with E-state index in [-0.39, 0.29) is 18.1 Å². The fraction of sp³-hybridized carbons (Fsp3) is 0.560. The maximum atomic E-state index is 10.0. The van der Waals surface area contributed by atoms with Gasteiger partial charge in [0, 0.05) is 11.8 Å². The first-order valence-electron chi connectivity index (χ1n) is 10.5. The van der Waals surface area contributed by atoms with Gasteiger partial charge in [-0.3, -0.25) is 0 Å². The highest BCUT2D eigenvalue weighted by Crippen LogP contribution is 2.37. The zero-order valence-corrected chi connectivity index (χ0v) is 19.1. The van der Waals surface area contributed by atoms with Crippen LogP contribution in [0.25, 0.3) is 5.57 Å². The number of ether oxygens (including phenoxy) is 1. The van der Waals surface area contributed by atoms with Crippen molar-refractivity contribution in [3.63, 3.8) is 0 Å². The Morgan fingerprint density at radius 1 is 1.41 bits per heavy atom. The van der Waals surface area contributed by atoms with Crippen LogP contribution in [0, 0.1) is 24.2 Å². The van der Waals surface area contributed by atoms with Gasteiger partial charge in [0.2, 0.25) is 0 Å². The molecule has 4 heteroatoms. The fourth-order valence-corrected chi connectivity index (χ4v) is 4.25. The summed E-state index contributed by atoms with van der Waals surface area (Å²) in [7, 11) is 0. The minimum atomic E-state index is -0.302. The molecule has 1 aromatic heterocycles. The summed E-state index contributed by atoms with van der Waals surface area (Å²) in [6.07, 6.45) is 10.7. The standard InChI is InChI=1S/C25H35NO2S/c1-8-25-26-22(15-29-25)21-12-13-24(20(21)7)28-19(6)11-9-10-17(4)18(5)14-23(27)16(2)3/h1,15-17,23-24,27H,5-6,9-14H2,2-4,7H3. The van der Waals surface area contributed by atoms with E-state index in [1.165, 1.54) is 22.5 Å². The molecule has 0 saturated heterocycles. The Labute approximate surface area is 180 Å². The molecule has 3 atom stereocenters. The minimum absolute atomic E-state index is 0.0852. The third-order valence-electron chi connectivity index (χ3n) is 5.89. The highest BCUT2D eigenvalue weighted by molar-refractivity contribution is 7.10. The Kier molecular flexibility index (Phi) is 8.74. The molecule has 2 rings (SSSR count). The van der Waals surface area contributed by atoms with Gasteiger partial charge in [-0.2, -0.15) is 0 Å². The van der Waals surface area contributed by atoms with E-state index in [9.17, 15) is 5.11 Å². The molecular formula is C25H35NO2S. The maximum absolute atomic E-state index is 10.0. The second kappa shape index (κ2) is 10.8. The monoisotopic (exact) mass is 413 g/mol. The lowest BCUT2D eigenvalue weighted by Gasteiger charge is -2.21. The van der Waals surface area contributed by atoms with Crippen molar-refractivity contribution in [2.24, 2.45) is 11.8 Å². The van der Waals surface area contributed by atoms with E-state index in [1.807, 2.05) is 19.2 Å². The topological polar surface area (TPSA) is 42.4 Å². The molecule has 1 aromatic rings. The maximum Gasteiger partial charge on any atom is 0.167 e. The average molecular weight is 414 g/mol. The van der Waals surface area contributed by atoms with E-state index in [0.717, 1.165) is 54.1 Å². The summed E-state index contributed by atoms with van der Waals surface area (Å²) in [5.41, 5.74) is 4.62. The van der Waals surface area contributed by atoms with Gasteiger partial charge in [-0.25, -0.2) is 4.98 Å². The minimum Gasteiger partial charge on any atom is -0.491 e. The summed E-state index contributed by atoms with van der Waals surface area (Å²) in [5.74, 6) is 4.11. The van der Waals surface area contributed by atoms with Crippen LogP contribution in [0.5, 0.6) is 0 Å². The third-order valence-corrected chi connectivity index (χ3v) is 6.67. The number of hydrogen-bond donors (Lipinski definition) is 1. The number of rotatable bonds is 11. The van der Waals surface area contributed by atoms with E-state index < -0.39 is 0 Å². The number of nitrogens with zero attached hydrogens (tertiary/aromatic N) is 1. The molecule has 1 heterocycles. The Bertz CT molecular complexity index is 796. The molecule has 1 aliphatic carbocycles. The lowest BCUT2D eigenvalue weighted by molar-refractivity contribution is 0.122. The van der Waals surface area contributed by atoms with Crippen LogP contribution >= 0.6 is 11.3 Å². The van der Waals surface area contributed by atoms with Crippen LogP contribution in [0.15, 0.2) is 35.4 Å². The second-order valence-corrected chi connectivity index (χ2v) is 9.35. The summed E-state index contributed by atoms with van der Waals surface area (Å²) >= 11 is 1.51. The normalized spacial score (nSPS) is 18.6. The van der Waals surface area contributed by atoms with Crippen LogP contribution < -0.4 is 0 Å². The van der Waals surface area contributed by atoms with Gasteiger partial charge in [-0.05, 0) is 67.9 Å². The fourth-order valence-electron chi connectivity index (χ4n) is 3.61. The number of aliphatic hydroxyl groups is 1. The van der Waals surface area contributed by atoms with Crippen LogP contribution in [-0.2, 0) is 4.74 Å². The third kappa shape index (κ3) is 6.59. The Morgan fingerprint density at radius 2 is 2.14 bits per heavy atom. The van der Waals surface area contributed by atoms with E-state index >= 15 is 0 Å². The Balaban J connectivity index is 1.78. The first-order chi connectivity index (χ1) is 13.7. The molecule has 0 radical (unpaired) electrons. The van der Waals surface area contributed by atoms with Gasteiger partial charge in [-0.1, -0.05) is 39.5 Å². The molecule has 3 nitrogen and oxygen atoms in total. The first-order valence-corrected chi connectivity index (χ1v) is 11.4. The zero-order chi connectivity index (χ0) is 21.6. The highest BCUT2D eigenvalue weighted by atomic mass is 32.1. The second-order valence-electron chi connectivity index (χ2n) is 8.49. The lowest BCUT2D eigenvalue weighted by Crippen LogP contribution is -2.17. The van der Waals surface area contributed by atoms with Crippen molar-refractivity contribution in [3.8, 4) is 12.3 Å². The van der Waals surface area contributed by atoms with Crippen molar-refractivity contribution in [3.05, 3.63) is 46.1 Å². The zero-order valence-electron chi connectivity index (χ0n) is 18.3. The molecule has 1 N–H and O–H groups in total. The van der Waals surface area contributed by atoms with Gasteiger partial charge in [0.1, 0.15) is 6.10 Å². The highest BCUT2D eigenvalue weighted by Gasteiger charge is 2.26. The number of terminal acetylenes is 1. The van der Waals surface area contributed by atoms with E-state index in [0.29, 0.717) is 12.3 Å². The molecule has 3 unspecified atom stereocenters. The smallest absolute Gasteiger partial charge is 0.167 e. The number of thiazole rings is 1. The molecule has 0 saturated carbocycles. The predicted octanol–water partition coefficient (Wildman–Crippen LogP) is 6.36. The van der Waals surface area contributed by atoms with Gasteiger partial charge in [0.15, 0.2) is 5.01 Å². The van der Waals surface area contributed by atoms with Crippen LogP contribution in [0.4, 0.5) is 0 Å². The van der Waals surface area contributed by atoms with Crippen molar-refractivity contribution in [2.75, 3.05) is 0 Å². The van der Waals surface area contributed by atoms with Crippen LogP contribution in [0.2, 0.25) is 0 Å². The van der Waals surface area contributed by atoms with Gasteiger partial charge in [-0.15, -0.1) is 17.8 Å². The summed E-state index contributed by atoms with van der Waals surface area (Å²) < 4.78 is 6.17. The number of hydrogen-bond acceptors (Lipinski definition) is 4. The number of aromatic nitrogens is 1. The summed E-state index contributed by atoms with van der Waals surface area (Å²) in [4.78, 5) is 4.51. The summed E-state index contributed by atoms with van der Waals surface area (Å²) in [5, 5.41) is 12.8. The molecular weight excluding hydrogens is 378 g/mol. The average Bonchev–Trinajstić information content (AvgIpc) is 3.28. The molecule has 29 heavy (non-hydrogen) atoms. The largest absolute Gasteiger partial charge is 0.491 e. The van der Waals surface area contributed by atoms with Gasteiger partial charge in [0.25, 0.3) is 0 Å². The molecule has 1 aliphatic rings. The van der Waals surface area contributed by atoms with Crippen LogP contribution in [0.3, 0.4) is 0 Å². The van der Waals surface area contributed by atoms with E-state index in [1.54, 1.807) is 0 Å². The number of allylic oxidation sites excluding steroid dienone is 2. The molecule has 0 bridgehead atoms. The van der Waals surface area contributed by atoms with Crippen LogP contribution in [-0.4, -0.2) is 22.3 Å². The molecule has 0 fully saturated rings. The molecule has 0 spiro atoms. The Hall–Kier alpha value is -1.83. The van der Waals surface area contributed by atoms with E-state index in [4.69, 9.17) is 11.2 Å². The van der Waals surface area contributed by atoms with Crippen LogP contribution in [0.1, 0.15) is 76.9 Å². The SMILES string of the molecule is C#Cc1nc(C2=C(C)C(OC(=C)CCCC(C)C(=C)CC(O)C(C)C)CC2)cs1. The van der Waals surface area contributed by atoms with E-state index in [2.05, 4.69) is 37.9 Å². The quantitative estimate of drug-likeness (QED) is 0.261. The molecule has 0 aliphatic heterocycles. The van der Waals surface area contributed by atoms with Gasteiger partial charge in [0.05, 0.1) is 17.6 Å². The van der Waals surface area contributed by atoms with Crippen molar-refractivity contribution < 1.29 is 9.84 Å².